The van der Waals surface area contributed by atoms with Gasteiger partial charge in [0, 0.05) is 52.3 Å². The summed E-state index contributed by atoms with van der Waals surface area (Å²) in [6.45, 7) is 0.864. The largest absolute Gasteiger partial charge is 0.417 e. The number of amides is 1. The fourth-order valence-electron chi connectivity index (χ4n) is 4.52. The van der Waals surface area contributed by atoms with Crippen LogP contribution < -0.4 is 15.4 Å². The SMILES string of the molecule is Cc1ccc(Nc2ncc3cccc(-c4ccc(OC(F)F)nc4)c3n2)cc1NC(=O)C1CCN(C)CC1. The molecule has 196 valence electrons. The van der Waals surface area contributed by atoms with E-state index in [9.17, 15) is 13.6 Å². The number of anilines is 3. The smallest absolute Gasteiger partial charge is 0.388 e. The molecule has 5 rings (SSSR count). The lowest BCUT2D eigenvalue weighted by atomic mass is 9.96. The number of carbonyl (C=O) groups excluding carboxylic acids is 1. The zero-order valence-corrected chi connectivity index (χ0v) is 21.1. The summed E-state index contributed by atoms with van der Waals surface area (Å²) < 4.78 is 29.3. The predicted molar refractivity (Wildman–Crippen MR) is 143 cm³/mol. The van der Waals surface area contributed by atoms with Crippen LogP contribution in [0.5, 0.6) is 5.88 Å². The number of pyridine rings is 1. The van der Waals surface area contributed by atoms with Gasteiger partial charge < -0.3 is 20.3 Å². The highest BCUT2D eigenvalue weighted by atomic mass is 19.3. The zero-order valence-electron chi connectivity index (χ0n) is 21.1. The van der Waals surface area contributed by atoms with Crippen molar-refractivity contribution in [3.8, 4) is 17.0 Å². The van der Waals surface area contributed by atoms with Crippen LogP contribution in [0.3, 0.4) is 0 Å². The van der Waals surface area contributed by atoms with Gasteiger partial charge >= 0.3 is 6.61 Å². The van der Waals surface area contributed by atoms with E-state index in [0.29, 0.717) is 17.0 Å². The summed E-state index contributed by atoms with van der Waals surface area (Å²) in [5.74, 6) is 0.282. The number of rotatable bonds is 7. The quantitative estimate of drug-likeness (QED) is 0.328. The number of alkyl halides is 2. The van der Waals surface area contributed by atoms with Gasteiger partial charge in [-0.3, -0.25) is 4.79 Å². The van der Waals surface area contributed by atoms with E-state index in [-0.39, 0.29) is 17.7 Å². The monoisotopic (exact) mass is 518 g/mol. The second kappa shape index (κ2) is 11.1. The number of benzene rings is 2. The van der Waals surface area contributed by atoms with Crippen LogP contribution >= 0.6 is 0 Å². The molecule has 0 spiro atoms. The van der Waals surface area contributed by atoms with Crippen LogP contribution in [0.15, 0.2) is 60.9 Å². The highest BCUT2D eigenvalue weighted by Crippen LogP contribution is 2.30. The number of aromatic nitrogens is 3. The van der Waals surface area contributed by atoms with Crippen molar-refractivity contribution in [2.24, 2.45) is 5.92 Å². The van der Waals surface area contributed by atoms with Gasteiger partial charge in [-0.1, -0.05) is 24.3 Å². The van der Waals surface area contributed by atoms with Crippen molar-refractivity contribution in [3.05, 3.63) is 66.5 Å². The minimum absolute atomic E-state index is 0.00921. The van der Waals surface area contributed by atoms with E-state index >= 15 is 0 Å². The maximum absolute atomic E-state index is 12.9. The van der Waals surface area contributed by atoms with Gasteiger partial charge in [-0.05, 0) is 63.7 Å². The third-order valence-electron chi connectivity index (χ3n) is 6.71. The van der Waals surface area contributed by atoms with Crippen LogP contribution in [0.1, 0.15) is 18.4 Å². The summed E-state index contributed by atoms with van der Waals surface area (Å²) in [5.41, 5.74) is 4.61. The van der Waals surface area contributed by atoms with Crippen LogP contribution in [-0.2, 0) is 4.79 Å². The molecule has 0 atom stereocenters. The highest BCUT2D eigenvalue weighted by molar-refractivity contribution is 5.95. The summed E-state index contributed by atoms with van der Waals surface area (Å²) >= 11 is 0. The Hall–Kier alpha value is -4.18. The van der Waals surface area contributed by atoms with Crippen molar-refractivity contribution in [3.63, 3.8) is 0 Å². The van der Waals surface area contributed by atoms with Gasteiger partial charge in [0.25, 0.3) is 0 Å². The number of para-hydroxylation sites is 1. The lowest BCUT2D eigenvalue weighted by Crippen LogP contribution is -2.36. The molecule has 4 aromatic rings. The Labute approximate surface area is 219 Å². The molecule has 2 aromatic carbocycles. The van der Waals surface area contributed by atoms with E-state index in [4.69, 9.17) is 4.98 Å². The summed E-state index contributed by atoms with van der Waals surface area (Å²) in [5, 5.41) is 7.14. The van der Waals surface area contributed by atoms with E-state index in [1.807, 2.05) is 43.3 Å². The average molecular weight is 519 g/mol. The number of piperidine rings is 1. The summed E-state index contributed by atoms with van der Waals surface area (Å²) in [6.07, 6.45) is 4.89. The molecule has 0 radical (unpaired) electrons. The van der Waals surface area contributed by atoms with Gasteiger partial charge in [0.2, 0.25) is 17.7 Å². The van der Waals surface area contributed by atoms with E-state index in [0.717, 1.165) is 53.8 Å². The number of carbonyl (C=O) groups is 1. The Morgan fingerprint density at radius 2 is 1.89 bits per heavy atom. The molecular formula is C28H28F2N6O2. The van der Waals surface area contributed by atoms with Gasteiger partial charge in [0.15, 0.2) is 0 Å². The van der Waals surface area contributed by atoms with Crippen molar-refractivity contribution in [1.29, 1.82) is 0 Å². The van der Waals surface area contributed by atoms with Gasteiger partial charge in [0.1, 0.15) is 0 Å². The van der Waals surface area contributed by atoms with Crippen molar-refractivity contribution in [1.82, 2.24) is 19.9 Å². The van der Waals surface area contributed by atoms with Crippen LogP contribution in [0.25, 0.3) is 22.0 Å². The maximum atomic E-state index is 12.9. The average Bonchev–Trinajstić information content (AvgIpc) is 2.91. The first-order chi connectivity index (χ1) is 18.4. The molecule has 10 heteroatoms. The lowest BCUT2D eigenvalue weighted by molar-refractivity contribution is -0.121. The van der Waals surface area contributed by atoms with Crippen LogP contribution in [0.4, 0.5) is 26.1 Å². The van der Waals surface area contributed by atoms with Crippen LogP contribution in [-0.4, -0.2) is 52.5 Å². The van der Waals surface area contributed by atoms with E-state index in [2.05, 4.69) is 37.3 Å². The van der Waals surface area contributed by atoms with E-state index < -0.39 is 6.61 Å². The second-order valence-electron chi connectivity index (χ2n) is 9.42. The molecule has 0 unspecified atom stereocenters. The molecule has 2 aromatic heterocycles. The predicted octanol–water partition coefficient (Wildman–Crippen LogP) is 5.63. The van der Waals surface area contributed by atoms with Gasteiger partial charge in [0.05, 0.1) is 5.52 Å². The number of nitrogens with zero attached hydrogens (tertiary/aromatic N) is 4. The first-order valence-electron chi connectivity index (χ1n) is 12.4. The molecule has 3 heterocycles. The van der Waals surface area contributed by atoms with Crippen molar-refractivity contribution >= 4 is 34.1 Å². The second-order valence-corrected chi connectivity index (χ2v) is 9.42. The third-order valence-corrected chi connectivity index (χ3v) is 6.71. The Balaban J connectivity index is 1.36. The molecule has 0 aliphatic carbocycles. The standard InChI is InChI=1S/C28H28F2N6O2/c1-17-6-8-21(14-23(17)34-26(37)18-10-12-36(2)13-11-18)33-28-32-16-20-4-3-5-22(25(20)35-28)19-7-9-24(31-15-19)38-27(29)30/h3-9,14-16,18,27H,10-13H2,1-2H3,(H,34,37)(H,32,33,35). The molecule has 0 bridgehead atoms. The lowest BCUT2D eigenvalue weighted by Gasteiger charge is -2.28. The summed E-state index contributed by atoms with van der Waals surface area (Å²) in [4.78, 5) is 28.2. The van der Waals surface area contributed by atoms with Crippen LogP contribution in [0.2, 0.25) is 0 Å². The topological polar surface area (TPSA) is 92.3 Å². The minimum atomic E-state index is -2.93. The maximum Gasteiger partial charge on any atom is 0.388 e. The van der Waals surface area contributed by atoms with Gasteiger partial charge in [-0.15, -0.1) is 0 Å². The van der Waals surface area contributed by atoms with Gasteiger partial charge in [-0.2, -0.15) is 8.78 Å². The first kappa shape index (κ1) is 25.5. The van der Waals surface area contributed by atoms with Crippen molar-refractivity contribution in [2.75, 3.05) is 30.8 Å². The molecule has 2 N–H and O–H groups in total. The van der Waals surface area contributed by atoms with E-state index in [1.165, 1.54) is 12.3 Å². The molecule has 0 saturated carbocycles. The number of nitrogens with one attached hydrogen (secondary N) is 2. The molecule has 1 saturated heterocycles. The van der Waals surface area contributed by atoms with E-state index in [1.54, 1.807) is 12.3 Å². The molecule has 8 nitrogen and oxygen atoms in total. The number of fused-ring (bicyclic) bond motifs is 1. The normalized spacial score (nSPS) is 14.6. The van der Waals surface area contributed by atoms with Gasteiger partial charge in [-0.25, -0.2) is 15.0 Å². The molecule has 38 heavy (non-hydrogen) atoms. The van der Waals surface area contributed by atoms with Crippen LogP contribution in [0, 0.1) is 12.8 Å². The zero-order chi connectivity index (χ0) is 26.6. The first-order valence-corrected chi connectivity index (χ1v) is 12.4. The molecule has 1 aliphatic heterocycles. The number of halogens is 2. The number of hydrogen-bond donors (Lipinski definition) is 2. The Morgan fingerprint density at radius 1 is 1.08 bits per heavy atom. The Kier molecular flexibility index (Phi) is 7.41. The fraction of sp³-hybridized carbons (Fsp3) is 0.286. The summed E-state index contributed by atoms with van der Waals surface area (Å²) in [7, 11) is 2.07. The highest BCUT2D eigenvalue weighted by Gasteiger charge is 2.23. The minimum Gasteiger partial charge on any atom is -0.417 e. The molecule has 1 fully saturated rings. The number of hydrogen-bond acceptors (Lipinski definition) is 7. The molecular weight excluding hydrogens is 490 g/mol. The number of likely N-dealkylation sites (tertiary alicyclic amines) is 1. The number of aryl methyl sites for hydroxylation is 1. The van der Waals surface area contributed by atoms with Crippen molar-refractivity contribution in [2.45, 2.75) is 26.4 Å². The Morgan fingerprint density at radius 3 is 2.63 bits per heavy atom. The third kappa shape index (κ3) is 5.86. The molecule has 1 amide bonds. The van der Waals surface area contributed by atoms with Crippen molar-refractivity contribution < 1.29 is 18.3 Å². The number of ether oxygens (including phenoxy) is 1. The Bertz CT molecular complexity index is 1440. The summed E-state index contributed by atoms with van der Waals surface area (Å²) in [6, 6.07) is 14.4. The molecule has 1 aliphatic rings. The fourth-order valence-corrected chi connectivity index (χ4v) is 4.52.